The van der Waals surface area contributed by atoms with Crippen LogP contribution in [0.2, 0.25) is 5.28 Å². The van der Waals surface area contributed by atoms with Gasteiger partial charge >= 0.3 is 0 Å². The van der Waals surface area contributed by atoms with Crippen molar-refractivity contribution < 1.29 is 4.74 Å². The molecule has 1 aromatic heterocycles. The van der Waals surface area contributed by atoms with Gasteiger partial charge in [-0.2, -0.15) is 0 Å². The van der Waals surface area contributed by atoms with E-state index in [2.05, 4.69) is 15.3 Å². The highest BCUT2D eigenvalue weighted by Gasteiger charge is 2.14. The third-order valence-electron chi connectivity index (χ3n) is 2.89. The fraction of sp³-hybridized carbons (Fsp3) is 0.667. The van der Waals surface area contributed by atoms with E-state index in [1.54, 1.807) is 0 Å². The maximum absolute atomic E-state index is 5.77. The fourth-order valence-electron chi connectivity index (χ4n) is 2.08. The molecule has 0 atom stereocenters. The van der Waals surface area contributed by atoms with Crippen molar-refractivity contribution in [1.29, 1.82) is 0 Å². The molecule has 0 bridgehead atoms. The number of aromatic nitrogens is 2. The van der Waals surface area contributed by atoms with Gasteiger partial charge in [0.15, 0.2) is 0 Å². The van der Waals surface area contributed by atoms with Gasteiger partial charge in [0.25, 0.3) is 0 Å². The Balaban J connectivity index is 1.70. The number of hydrogen-bond donors (Lipinski definition) is 1. The molecule has 0 spiro atoms. The van der Waals surface area contributed by atoms with Gasteiger partial charge in [0.05, 0.1) is 12.7 Å². The van der Waals surface area contributed by atoms with E-state index in [1.165, 1.54) is 25.7 Å². The molecule has 1 fully saturated rings. The number of aryl methyl sites for hydroxylation is 1. The van der Waals surface area contributed by atoms with Crippen molar-refractivity contribution in [3.05, 3.63) is 17.0 Å². The number of anilines is 1. The minimum Gasteiger partial charge on any atom is -0.376 e. The molecule has 1 aromatic rings. The first-order valence-corrected chi connectivity index (χ1v) is 6.48. The standard InChI is InChI=1S/C12H18ClN3O/c1-9-8-11(16-12(13)15-9)14-6-7-17-10-4-2-3-5-10/h8,10H,2-7H2,1H3,(H,14,15,16). The number of hydrogen-bond acceptors (Lipinski definition) is 4. The Morgan fingerprint density at radius 2 is 2.18 bits per heavy atom. The third kappa shape index (κ3) is 4.13. The Morgan fingerprint density at radius 3 is 2.88 bits per heavy atom. The first-order chi connectivity index (χ1) is 8.24. The Kier molecular flexibility index (Phi) is 4.57. The van der Waals surface area contributed by atoms with E-state index in [4.69, 9.17) is 16.3 Å². The summed E-state index contributed by atoms with van der Waals surface area (Å²) in [5, 5.41) is 3.47. The molecule has 0 aromatic carbocycles. The monoisotopic (exact) mass is 255 g/mol. The maximum atomic E-state index is 5.77. The number of nitrogens with zero attached hydrogens (tertiary/aromatic N) is 2. The van der Waals surface area contributed by atoms with Crippen molar-refractivity contribution in [2.24, 2.45) is 0 Å². The molecule has 4 nitrogen and oxygen atoms in total. The van der Waals surface area contributed by atoms with Crippen LogP contribution in [0.1, 0.15) is 31.4 Å². The Morgan fingerprint density at radius 1 is 1.41 bits per heavy atom. The molecule has 1 heterocycles. The molecule has 1 saturated carbocycles. The lowest BCUT2D eigenvalue weighted by atomic mass is 10.3. The lowest BCUT2D eigenvalue weighted by Gasteiger charge is -2.11. The van der Waals surface area contributed by atoms with Gasteiger partial charge in [0, 0.05) is 18.3 Å². The summed E-state index contributed by atoms with van der Waals surface area (Å²) >= 11 is 5.77. The average Bonchev–Trinajstić information content (AvgIpc) is 2.76. The quantitative estimate of drug-likeness (QED) is 0.649. The Labute approximate surface area is 107 Å². The predicted octanol–water partition coefficient (Wildman–Crippen LogP) is 2.81. The van der Waals surface area contributed by atoms with E-state index < -0.39 is 0 Å². The van der Waals surface area contributed by atoms with Crippen LogP contribution in [0.15, 0.2) is 6.07 Å². The van der Waals surface area contributed by atoms with E-state index in [9.17, 15) is 0 Å². The summed E-state index contributed by atoms with van der Waals surface area (Å²) in [5.74, 6) is 0.762. The van der Waals surface area contributed by atoms with Crippen LogP contribution < -0.4 is 5.32 Å². The predicted molar refractivity (Wildman–Crippen MR) is 68.5 cm³/mol. The van der Waals surface area contributed by atoms with Crippen LogP contribution in [0.3, 0.4) is 0 Å². The van der Waals surface area contributed by atoms with Crippen LogP contribution in [0.25, 0.3) is 0 Å². The van der Waals surface area contributed by atoms with Crippen molar-refractivity contribution in [2.75, 3.05) is 18.5 Å². The molecule has 0 amide bonds. The van der Waals surface area contributed by atoms with Crippen LogP contribution in [-0.2, 0) is 4.74 Å². The molecule has 0 unspecified atom stereocenters. The zero-order chi connectivity index (χ0) is 12.1. The second-order valence-corrected chi connectivity index (χ2v) is 4.71. The van der Waals surface area contributed by atoms with Crippen molar-refractivity contribution in [1.82, 2.24) is 9.97 Å². The highest BCUT2D eigenvalue weighted by Crippen LogP contribution is 2.20. The van der Waals surface area contributed by atoms with E-state index >= 15 is 0 Å². The molecule has 5 heteroatoms. The van der Waals surface area contributed by atoms with Crippen LogP contribution >= 0.6 is 11.6 Å². The summed E-state index contributed by atoms with van der Waals surface area (Å²) < 4.78 is 5.75. The molecule has 0 aliphatic heterocycles. The Hall–Kier alpha value is -0.870. The highest BCUT2D eigenvalue weighted by atomic mass is 35.5. The second kappa shape index (κ2) is 6.17. The molecule has 94 valence electrons. The van der Waals surface area contributed by atoms with E-state index in [0.717, 1.165) is 18.1 Å². The van der Waals surface area contributed by atoms with E-state index in [0.29, 0.717) is 12.7 Å². The first-order valence-electron chi connectivity index (χ1n) is 6.11. The minimum atomic E-state index is 0.282. The number of rotatable bonds is 5. The molecule has 1 aliphatic carbocycles. The maximum Gasteiger partial charge on any atom is 0.224 e. The number of nitrogens with one attached hydrogen (secondary N) is 1. The van der Waals surface area contributed by atoms with Gasteiger partial charge in [-0.25, -0.2) is 9.97 Å². The van der Waals surface area contributed by atoms with Crippen LogP contribution in [0.4, 0.5) is 5.82 Å². The molecule has 0 radical (unpaired) electrons. The molecule has 2 rings (SSSR count). The van der Waals surface area contributed by atoms with Gasteiger partial charge in [0.2, 0.25) is 5.28 Å². The topological polar surface area (TPSA) is 47.0 Å². The first kappa shape index (κ1) is 12.6. The lowest BCUT2D eigenvalue weighted by Crippen LogP contribution is -2.16. The second-order valence-electron chi connectivity index (χ2n) is 4.37. The van der Waals surface area contributed by atoms with Crippen LogP contribution in [-0.4, -0.2) is 29.2 Å². The number of halogens is 1. The average molecular weight is 256 g/mol. The molecular weight excluding hydrogens is 238 g/mol. The molecule has 1 N–H and O–H groups in total. The smallest absolute Gasteiger partial charge is 0.224 e. The van der Waals surface area contributed by atoms with Gasteiger partial charge in [-0.3, -0.25) is 0 Å². The summed E-state index contributed by atoms with van der Waals surface area (Å²) in [6.45, 7) is 3.36. The van der Waals surface area contributed by atoms with Gasteiger partial charge in [-0.1, -0.05) is 12.8 Å². The third-order valence-corrected chi connectivity index (χ3v) is 3.06. The molecule has 17 heavy (non-hydrogen) atoms. The van der Waals surface area contributed by atoms with E-state index in [1.807, 2.05) is 13.0 Å². The van der Waals surface area contributed by atoms with Gasteiger partial charge in [0.1, 0.15) is 5.82 Å². The fourth-order valence-corrected chi connectivity index (χ4v) is 2.31. The SMILES string of the molecule is Cc1cc(NCCOC2CCCC2)nc(Cl)n1. The largest absolute Gasteiger partial charge is 0.376 e. The van der Waals surface area contributed by atoms with Crippen molar-refractivity contribution in [2.45, 2.75) is 38.7 Å². The number of ether oxygens (including phenoxy) is 1. The normalized spacial score (nSPS) is 16.4. The minimum absolute atomic E-state index is 0.282. The highest BCUT2D eigenvalue weighted by molar-refractivity contribution is 6.28. The zero-order valence-corrected chi connectivity index (χ0v) is 10.8. The Bertz CT molecular complexity index is 347. The summed E-state index contributed by atoms with van der Waals surface area (Å²) in [6, 6.07) is 1.88. The van der Waals surface area contributed by atoms with Crippen molar-refractivity contribution in [3.63, 3.8) is 0 Å². The van der Waals surface area contributed by atoms with Gasteiger partial charge in [-0.05, 0) is 31.4 Å². The lowest BCUT2D eigenvalue weighted by molar-refractivity contribution is 0.0658. The zero-order valence-electron chi connectivity index (χ0n) is 10.1. The van der Waals surface area contributed by atoms with Crippen molar-refractivity contribution >= 4 is 17.4 Å². The van der Waals surface area contributed by atoms with Gasteiger partial charge in [-0.15, -0.1) is 0 Å². The summed E-state index contributed by atoms with van der Waals surface area (Å²) in [6.07, 6.45) is 5.49. The van der Waals surface area contributed by atoms with Crippen molar-refractivity contribution in [3.8, 4) is 0 Å². The summed E-state index contributed by atoms with van der Waals surface area (Å²) in [4.78, 5) is 8.10. The summed E-state index contributed by atoms with van der Waals surface area (Å²) in [5.41, 5.74) is 0.865. The molecule has 0 saturated heterocycles. The van der Waals surface area contributed by atoms with Crippen LogP contribution in [0.5, 0.6) is 0 Å². The van der Waals surface area contributed by atoms with Crippen LogP contribution in [0, 0.1) is 6.92 Å². The van der Waals surface area contributed by atoms with Gasteiger partial charge < -0.3 is 10.1 Å². The molecular formula is C12H18ClN3O. The summed E-state index contributed by atoms with van der Waals surface area (Å²) in [7, 11) is 0. The van der Waals surface area contributed by atoms with E-state index in [-0.39, 0.29) is 5.28 Å². The molecule has 1 aliphatic rings.